The first-order valence-corrected chi connectivity index (χ1v) is 10.1. The fraction of sp³-hybridized carbons (Fsp3) is 0.524. The third-order valence-electron chi connectivity index (χ3n) is 5.27. The van der Waals surface area contributed by atoms with Crippen LogP contribution < -0.4 is 0 Å². The number of hydrogen-bond donors (Lipinski definition) is 1. The molecule has 3 aromatic rings. The van der Waals surface area contributed by atoms with E-state index in [0.717, 1.165) is 41.3 Å². The lowest BCUT2D eigenvalue weighted by Crippen LogP contribution is -2.41. The molecule has 1 aliphatic heterocycles. The third-order valence-corrected chi connectivity index (χ3v) is 5.27. The van der Waals surface area contributed by atoms with Crippen LogP contribution in [-0.2, 0) is 11.8 Å². The number of carbonyl (C=O) groups is 1. The molecule has 0 radical (unpaired) electrons. The molecular formula is C21H28N6O2. The highest BCUT2D eigenvalue weighted by atomic mass is 16.6. The van der Waals surface area contributed by atoms with Crippen LogP contribution in [-0.4, -0.2) is 54.4 Å². The van der Waals surface area contributed by atoms with Crippen LogP contribution in [0.25, 0.3) is 22.7 Å². The molecule has 3 heterocycles. The van der Waals surface area contributed by atoms with Gasteiger partial charge in [0.1, 0.15) is 11.4 Å². The summed E-state index contributed by atoms with van der Waals surface area (Å²) in [5.41, 5.74) is 2.62. The zero-order chi connectivity index (χ0) is 20.8. The van der Waals surface area contributed by atoms with Crippen LogP contribution in [0.2, 0.25) is 0 Å². The normalized spacial score (nSPS) is 15.8. The highest BCUT2D eigenvalue weighted by Crippen LogP contribution is 2.29. The summed E-state index contributed by atoms with van der Waals surface area (Å²) >= 11 is 0. The Balaban J connectivity index is 1.48. The second-order valence-electron chi connectivity index (χ2n) is 8.79. The van der Waals surface area contributed by atoms with Crippen LogP contribution in [0.15, 0.2) is 18.2 Å². The largest absolute Gasteiger partial charge is 0.444 e. The minimum atomic E-state index is -0.475. The number of amides is 1. The summed E-state index contributed by atoms with van der Waals surface area (Å²) in [7, 11) is 1.98. The van der Waals surface area contributed by atoms with Crippen molar-refractivity contribution in [1.29, 1.82) is 0 Å². The van der Waals surface area contributed by atoms with E-state index >= 15 is 0 Å². The van der Waals surface area contributed by atoms with E-state index < -0.39 is 5.60 Å². The topological polar surface area (TPSA) is 88.9 Å². The van der Waals surface area contributed by atoms with Crippen LogP contribution in [0, 0.1) is 6.92 Å². The quantitative estimate of drug-likeness (QED) is 0.712. The summed E-state index contributed by atoms with van der Waals surface area (Å²) < 4.78 is 7.49. The molecule has 0 spiro atoms. The fourth-order valence-corrected chi connectivity index (χ4v) is 3.78. The summed E-state index contributed by atoms with van der Waals surface area (Å²) in [5.74, 6) is 2.63. The van der Waals surface area contributed by atoms with Gasteiger partial charge in [-0.2, -0.15) is 0 Å². The molecule has 0 aliphatic carbocycles. The zero-order valence-corrected chi connectivity index (χ0v) is 17.7. The number of aromatic amines is 1. The number of H-pyrrole nitrogens is 1. The van der Waals surface area contributed by atoms with Crippen LogP contribution in [0.4, 0.5) is 4.79 Å². The summed E-state index contributed by atoms with van der Waals surface area (Å²) in [6.45, 7) is 9.04. The van der Waals surface area contributed by atoms with Gasteiger partial charge in [0.25, 0.3) is 0 Å². The molecule has 0 unspecified atom stereocenters. The lowest BCUT2D eigenvalue weighted by molar-refractivity contribution is 0.0202. The molecule has 8 heteroatoms. The first kappa shape index (κ1) is 19.4. The molecule has 29 heavy (non-hydrogen) atoms. The molecule has 0 saturated carbocycles. The highest BCUT2D eigenvalue weighted by molar-refractivity contribution is 5.79. The van der Waals surface area contributed by atoms with Gasteiger partial charge in [-0.25, -0.2) is 9.78 Å². The van der Waals surface area contributed by atoms with E-state index in [4.69, 9.17) is 4.74 Å². The summed E-state index contributed by atoms with van der Waals surface area (Å²) in [4.78, 5) is 22.1. The molecule has 1 aromatic carbocycles. The number of likely N-dealkylation sites (tertiary alicyclic amines) is 1. The van der Waals surface area contributed by atoms with Crippen molar-refractivity contribution in [1.82, 2.24) is 29.6 Å². The number of rotatable bonds is 2. The van der Waals surface area contributed by atoms with E-state index in [1.165, 1.54) is 5.56 Å². The number of aryl methyl sites for hydroxylation is 1. The van der Waals surface area contributed by atoms with Crippen molar-refractivity contribution >= 4 is 17.1 Å². The predicted molar refractivity (Wildman–Crippen MR) is 111 cm³/mol. The predicted octanol–water partition coefficient (Wildman–Crippen LogP) is 3.78. The van der Waals surface area contributed by atoms with Gasteiger partial charge in [0.05, 0.1) is 11.0 Å². The van der Waals surface area contributed by atoms with Crippen molar-refractivity contribution in [2.24, 2.45) is 7.05 Å². The Kier molecular flexibility index (Phi) is 4.80. The second kappa shape index (κ2) is 7.17. The van der Waals surface area contributed by atoms with Gasteiger partial charge in [0, 0.05) is 26.1 Å². The minimum Gasteiger partial charge on any atom is -0.444 e. The monoisotopic (exact) mass is 396 g/mol. The van der Waals surface area contributed by atoms with E-state index in [9.17, 15) is 4.79 Å². The molecule has 0 atom stereocenters. The van der Waals surface area contributed by atoms with Gasteiger partial charge in [0.15, 0.2) is 11.6 Å². The van der Waals surface area contributed by atoms with Gasteiger partial charge in [-0.3, -0.25) is 0 Å². The van der Waals surface area contributed by atoms with E-state index in [2.05, 4.69) is 33.2 Å². The van der Waals surface area contributed by atoms with Gasteiger partial charge < -0.3 is 19.2 Å². The first-order chi connectivity index (χ1) is 13.7. The van der Waals surface area contributed by atoms with Crippen LogP contribution in [0.3, 0.4) is 0 Å². The Labute approximate surface area is 170 Å². The lowest BCUT2D eigenvalue weighted by atomic mass is 9.96. The number of ether oxygens (including phenoxy) is 1. The zero-order valence-electron chi connectivity index (χ0n) is 17.7. The van der Waals surface area contributed by atoms with Gasteiger partial charge >= 0.3 is 6.09 Å². The average molecular weight is 396 g/mol. The number of imidazole rings is 1. The van der Waals surface area contributed by atoms with Crippen molar-refractivity contribution in [3.8, 4) is 11.6 Å². The van der Waals surface area contributed by atoms with Crippen molar-refractivity contribution in [3.63, 3.8) is 0 Å². The Morgan fingerprint density at radius 2 is 1.93 bits per heavy atom. The van der Waals surface area contributed by atoms with Gasteiger partial charge in [-0.15, -0.1) is 10.2 Å². The SMILES string of the molecule is Cc1ccc2nc(-c3nnc(C4CCN(C(=O)OC(C)(C)C)CC4)n3C)[nH]c2c1. The molecule has 4 rings (SSSR count). The molecule has 1 fully saturated rings. The maximum Gasteiger partial charge on any atom is 0.410 e. The van der Waals surface area contributed by atoms with Crippen molar-refractivity contribution in [2.45, 2.75) is 52.1 Å². The molecule has 0 bridgehead atoms. The lowest BCUT2D eigenvalue weighted by Gasteiger charge is -2.33. The first-order valence-electron chi connectivity index (χ1n) is 10.1. The Morgan fingerprint density at radius 1 is 1.21 bits per heavy atom. The standard InChI is InChI=1S/C21H28N6O2/c1-13-6-7-15-16(12-13)23-17(22-15)19-25-24-18(26(19)5)14-8-10-27(11-9-14)20(28)29-21(2,3)4/h6-7,12,14H,8-11H2,1-5H3,(H,22,23). The summed E-state index contributed by atoms with van der Waals surface area (Å²) in [5, 5.41) is 8.85. The van der Waals surface area contributed by atoms with Crippen molar-refractivity contribution in [3.05, 3.63) is 29.6 Å². The highest BCUT2D eigenvalue weighted by Gasteiger charge is 2.30. The summed E-state index contributed by atoms with van der Waals surface area (Å²) in [6, 6.07) is 6.14. The van der Waals surface area contributed by atoms with Crippen molar-refractivity contribution < 1.29 is 9.53 Å². The minimum absolute atomic E-state index is 0.243. The molecule has 1 saturated heterocycles. The molecule has 8 nitrogen and oxygen atoms in total. The maximum atomic E-state index is 12.3. The second-order valence-corrected chi connectivity index (χ2v) is 8.79. The Hall–Kier alpha value is -2.90. The van der Waals surface area contributed by atoms with Crippen LogP contribution in [0.1, 0.15) is 50.9 Å². The third kappa shape index (κ3) is 3.97. The van der Waals surface area contributed by atoms with E-state index in [0.29, 0.717) is 13.1 Å². The molecular weight excluding hydrogens is 368 g/mol. The number of fused-ring (bicyclic) bond motifs is 1. The van der Waals surface area contributed by atoms with Crippen LogP contribution in [0.5, 0.6) is 0 Å². The molecule has 1 amide bonds. The number of nitrogens with zero attached hydrogens (tertiary/aromatic N) is 5. The van der Waals surface area contributed by atoms with Gasteiger partial charge in [-0.05, 0) is 58.2 Å². The number of carbonyl (C=O) groups excluding carboxylic acids is 1. The van der Waals surface area contributed by atoms with E-state index in [1.807, 2.05) is 44.5 Å². The van der Waals surface area contributed by atoms with E-state index in [-0.39, 0.29) is 12.0 Å². The van der Waals surface area contributed by atoms with Gasteiger partial charge in [0.2, 0.25) is 0 Å². The maximum absolute atomic E-state index is 12.3. The number of hydrogen-bond acceptors (Lipinski definition) is 5. The molecule has 1 N–H and O–H groups in total. The Morgan fingerprint density at radius 3 is 2.62 bits per heavy atom. The number of nitrogens with one attached hydrogen (secondary N) is 1. The number of benzene rings is 1. The molecule has 1 aliphatic rings. The fourth-order valence-electron chi connectivity index (χ4n) is 3.78. The molecule has 154 valence electrons. The van der Waals surface area contributed by atoms with E-state index in [1.54, 1.807) is 4.90 Å². The van der Waals surface area contributed by atoms with Crippen LogP contribution >= 0.6 is 0 Å². The Bertz CT molecular complexity index is 1040. The average Bonchev–Trinajstić information content (AvgIpc) is 3.23. The molecule has 2 aromatic heterocycles. The summed E-state index contributed by atoms with van der Waals surface area (Å²) in [6.07, 6.45) is 1.43. The van der Waals surface area contributed by atoms with Gasteiger partial charge in [-0.1, -0.05) is 6.07 Å². The van der Waals surface area contributed by atoms with Crippen molar-refractivity contribution in [2.75, 3.05) is 13.1 Å². The number of aromatic nitrogens is 5. The number of piperidine rings is 1. The smallest absolute Gasteiger partial charge is 0.410 e.